The van der Waals surface area contributed by atoms with E-state index in [0.29, 0.717) is 24.8 Å². The molecule has 3 heterocycles. The Hall–Kier alpha value is -0.460. The molecular formula is C20H27NO4. The van der Waals surface area contributed by atoms with E-state index in [1.54, 1.807) is 0 Å². The third-order valence-electron chi connectivity index (χ3n) is 10.6. The molecule has 13 atom stereocenters. The van der Waals surface area contributed by atoms with Crippen molar-refractivity contribution in [3.63, 3.8) is 0 Å². The Morgan fingerprint density at radius 2 is 1.88 bits per heavy atom. The standard InChI is InChI=1S/C20H27NO4/c1-8-9-3-10-14-19-6-12(22)16(24)17(2)7-21(14)11(13(17)19)5-18(10,15(8)23)20(19,25)4-9/h9-16,22-25H,1,3-7H2,2H3/t9-,10+,11-,12+,13+,14+,15+,16-,17-,18-,19+,20-/m0/s1. The van der Waals surface area contributed by atoms with Crippen LogP contribution in [-0.4, -0.2) is 67.9 Å². The minimum Gasteiger partial charge on any atom is -0.390 e. The lowest BCUT2D eigenvalue weighted by Crippen LogP contribution is -2.75. The van der Waals surface area contributed by atoms with Crippen molar-refractivity contribution < 1.29 is 20.4 Å². The Kier molecular flexibility index (Phi) is 2.04. The van der Waals surface area contributed by atoms with Gasteiger partial charge >= 0.3 is 0 Å². The number of fused-ring (bicyclic) bond motifs is 1. The summed E-state index contributed by atoms with van der Waals surface area (Å²) in [4.78, 5) is 2.57. The van der Waals surface area contributed by atoms with E-state index in [1.165, 1.54) is 0 Å². The lowest BCUT2D eigenvalue weighted by molar-refractivity contribution is -0.289. The van der Waals surface area contributed by atoms with Gasteiger partial charge in [-0.25, -0.2) is 0 Å². The smallest absolute Gasteiger partial charge is 0.0868 e. The number of hydrogen-bond donors (Lipinski definition) is 4. The maximum absolute atomic E-state index is 12.3. The van der Waals surface area contributed by atoms with Crippen molar-refractivity contribution in [3.05, 3.63) is 12.2 Å². The molecule has 1 unspecified atom stereocenters. The normalized spacial score (nSPS) is 76.5. The first-order valence-electron chi connectivity index (χ1n) is 9.95. The minimum atomic E-state index is -0.933. The molecule has 136 valence electrons. The van der Waals surface area contributed by atoms with Crippen molar-refractivity contribution >= 4 is 0 Å². The molecule has 9 fully saturated rings. The van der Waals surface area contributed by atoms with Crippen LogP contribution in [0.15, 0.2) is 12.2 Å². The maximum atomic E-state index is 12.3. The number of hydrogen-bond acceptors (Lipinski definition) is 5. The van der Waals surface area contributed by atoms with Gasteiger partial charge in [0.25, 0.3) is 0 Å². The minimum absolute atomic E-state index is 0.194. The number of aliphatic hydroxyl groups is 4. The number of nitrogens with zero attached hydrogens (tertiary/aromatic N) is 1. The molecule has 9 rings (SSSR count). The summed E-state index contributed by atoms with van der Waals surface area (Å²) in [6.45, 7) is 7.13. The van der Waals surface area contributed by atoms with E-state index < -0.39 is 29.3 Å². The van der Waals surface area contributed by atoms with Crippen LogP contribution in [0.3, 0.4) is 0 Å². The van der Waals surface area contributed by atoms with Gasteiger partial charge < -0.3 is 20.4 Å². The molecule has 5 nitrogen and oxygen atoms in total. The fourth-order valence-corrected chi connectivity index (χ4v) is 10.4. The highest BCUT2D eigenvalue weighted by molar-refractivity contribution is 5.47. The topological polar surface area (TPSA) is 84.2 Å². The van der Waals surface area contributed by atoms with Gasteiger partial charge in [0.15, 0.2) is 0 Å². The Morgan fingerprint density at radius 1 is 1.12 bits per heavy atom. The molecule has 3 aliphatic heterocycles. The molecule has 0 aromatic rings. The van der Waals surface area contributed by atoms with Gasteiger partial charge in [-0.2, -0.15) is 0 Å². The summed E-state index contributed by atoms with van der Waals surface area (Å²) in [6, 6.07) is 0.579. The quantitative estimate of drug-likeness (QED) is 0.460. The molecule has 9 bridgehead atoms. The third-order valence-corrected chi connectivity index (χ3v) is 10.6. The fraction of sp³-hybridized carbons (Fsp3) is 0.900. The molecule has 25 heavy (non-hydrogen) atoms. The van der Waals surface area contributed by atoms with Crippen molar-refractivity contribution in [2.24, 2.45) is 34.0 Å². The first kappa shape index (κ1) is 14.6. The van der Waals surface area contributed by atoms with Crippen molar-refractivity contribution in [1.29, 1.82) is 0 Å². The summed E-state index contributed by atoms with van der Waals surface area (Å²) < 4.78 is 0. The summed E-state index contributed by atoms with van der Waals surface area (Å²) in [5.74, 6) is 0.716. The van der Waals surface area contributed by atoms with Gasteiger partial charge in [0, 0.05) is 34.9 Å². The van der Waals surface area contributed by atoms with Crippen LogP contribution in [0.5, 0.6) is 0 Å². The van der Waals surface area contributed by atoms with Gasteiger partial charge in [0.2, 0.25) is 0 Å². The highest BCUT2D eigenvalue weighted by Crippen LogP contribution is 2.88. The molecular weight excluding hydrogens is 318 g/mol. The van der Waals surface area contributed by atoms with Crippen LogP contribution in [0.1, 0.15) is 32.6 Å². The molecule has 6 saturated carbocycles. The predicted molar refractivity (Wildman–Crippen MR) is 88.3 cm³/mol. The third kappa shape index (κ3) is 0.981. The Morgan fingerprint density at radius 3 is 2.64 bits per heavy atom. The van der Waals surface area contributed by atoms with Crippen LogP contribution < -0.4 is 0 Å². The molecule has 0 aromatic heterocycles. The summed E-state index contributed by atoms with van der Waals surface area (Å²) in [5.41, 5.74) is -1.20. The van der Waals surface area contributed by atoms with Crippen LogP contribution in [-0.2, 0) is 0 Å². The van der Waals surface area contributed by atoms with Crippen LogP contribution in [0.2, 0.25) is 0 Å². The van der Waals surface area contributed by atoms with E-state index in [0.717, 1.165) is 25.0 Å². The second kappa shape index (κ2) is 3.49. The molecule has 0 aromatic carbocycles. The number of rotatable bonds is 0. The molecule has 6 aliphatic carbocycles. The van der Waals surface area contributed by atoms with E-state index in [1.807, 2.05) is 0 Å². The Balaban J connectivity index is 1.55. The Labute approximate surface area is 147 Å². The zero-order chi connectivity index (χ0) is 17.3. The summed E-state index contributed by atoms with van der Waals surface area (Å²) in [6.07, 6.45) is 0.904. The lowest BCUT2D eigenvalue weighted by atomic mass is 9.37. The van der Waals surface area contributed by atoms with E-state index in [-0.39, 0.29) is 28.7 Å². The molecule has 9 aliphatic rings. The second-order valence-electron chi connectivity index (χ2n) is 10.8. The first-order valence-corrected chi connectivity index (χ1v) is 9.95. The van der Waals surface area contributed by atoms with E-state index in [9.17, 15) is 20.4 Å². The molecule has 4 N–H and O–H groups in total. The Bertz CT molecular complexity index is 756. The van der Waals surface area contributed by atoms with Gasteiger partial charge in [0.05, 0.1) is 23.9 Å². The predicted octanol–water partition coefficient (Wildman–Crippen LogP) is -0.121. The molecule has 5 heteroatoms. The fourth-order valence-electron chi connectivity index (χ4n) is 10.4. The van der Waals surface area contributed by atoms with Gasteiger partial charge in [0.1, 0.15) is 0 Å². The van der Waals surface area contributed by atoms with Crippen molar-refractivity contribution in [2.45, 2.75) is 68.6 Å². The SMILES string of the molecule is C=C1[C@H]2C[C@@H]3[C@H]4N5C[C@@]6(C)[C@H]7[C@@H]5C[C@]3([C@@H]1O)[C@@](O)(C2)[C@]74C[C@@H](O)[C@@H]6O. The number of piperidine rings is 2. The van der Waals surface area contributed by atoms with Gasteiger partial charge in [-0.1, -0.05) is 13.5 Å². The van der Waals surface area contributed by atoms with Crippen molar-refractivity contribution in [2.75, 3.05) is 6.54 Å². The van der Waals surface area contributed by atoms with E-state index in [4.69, 9.17) is 0 Å². The summed E-state index contributed by atoms with van der Waals surface area (Å²) in [7, 11) is 0. The van der Waals surface area contributed by atoms with Gasteiger partial charge in [-0.3, -0.25) is 4.90 Å². The molecule has 2 spiro atoms. The highest BCUT2D eigenvalue weighted by atomic mass is 16.3. The lowest BCUT2D eigenvalue weighted by Gasteiger charge is -2.69. The monoisotopic (exact) mass is 345 g/mol. The van der Waals surface area contributed by atoms with Crippen LogP contribution >= 0.6 is 0 Å². The summed E-state index contributed by atoms with van der Waals surface area (Å²) in [5, 5.41) is 45.1. The average molecular weight is 345 g/mol. The first-order chi connectivity index (χ1) is 11.7. The van der Waals surface area contributed by atoms with Gasteiger partial charge in [-0.15, -0.1) is 0 Å². The van der Waals surface area contributed by atoms with E-state index >= 15 is 0 Å². The average Bonchev–Trinajstić information content (AvgIpc) is 2.97. The van der Waals surface area contributed by atoms with Crippen LogP contribution in [0, 0.1) is 34.0 Å². The second-order valence-corrected chi connectivity index (χ2v) is 10.8. The highest BCUT2D eigenvalue weighted by Gasteiger charge is 2.94. The maximum Gasteiger partial charge on any atom is 0.0868 e. The van der Waals surface area contributed by atoms with E-state index in [2.05, 4.69) is 18.4 Å². The van der Waals surface area contributed by atoms with Crippen LogP contribution in [0.25, 0.3) is 0 Å². The molecule has 0 radical (unpaired) electrons. The zero-order valence-corrected chi connectivity index (χ0v) is 14.6. The molecule has 3 saturated heterocycles. The largest absolute Gasteiger partial charge is 0.390 e. The molecule has 0 amide bonds. The number of aliphatic hydroxyl groups excluding tert-OH is 3. The van der Waals surface area contributed by atoms with Crippen molar-refractivity contribution in [3.8, 4) is 0 Å². The van der Waals surface area contributed by atoms with Gasteiger partial charge in [-0.05, 0) is 49.0 Å². The van der Waals surface area contributed by atoms with Crippen molar-refractivity contribution in [1.82, 2.24) is 4.90 Å². The zero-order valence-electron chi connectivity index (χ0n) is 14.6. The van der Waals surface area contributed by atoms with Crippen LogP contribution in [0.4, 0.5) is 0 Å². The summed E-state index contributed by atoms with van der Waals surface area (Å²) >= 11 is 0.